The Kier molecular flexibility index (Phi) is 34.6. The van der Waals surface area contributed by atoms with E-state index in [1.165, 1.54) is 18.2 Å². The molecule has 0 unspecified atom stereocenters. The smallest absolute Gasteiger partial charge is 0.252 e. The summed E-state index contributed by atoms with van der Waals surface area (Å²) < 4.78 is 7.69. The third-order valence-electron chi connectivity index (χ3n) is 11.9. The molecule has 0 aliphatic heterocycles. The van der Waals surface area contributed by atoms with E-state index in [-0.39, 0.29) is 34.8 Å². The maximum absolute atomic E-state index is 12.7. The van der Waals surface area contributed by atoms with Gasteiger partial charge in [0.05, 0.1) is 17.1 Å². The van der Waals surface area contributed by atoms with E-state index >= 15 is 0 Å². The summed E-state index contributed by atoms with van der Waals surface area (Å²) in [4.78, 5) is 70.8. The Morgan fingerprint density at radius 1 is 0.481 bits per heavy atom. The van der Waals surface area contributed by atoms with Crippen LogP contribution in [-0.2, 0) is 28.2 Å². The number of aryl methyl sites for hydroxylation is 5. The molecule has 0 atom stereocenters. The number of benzene rings is 3. The molecule has 0 saturated heterocycles. The fraction of sp³-hybridized carbons (Fsp3) is 0.385. The maximum atomic E-state index is 12.7. The molecule has 0 bridgehead atoms. The van der Waals surface area contributed by atoms with Gasteiger partial charge in [-0.15, -0.1) is 0 Å². The normalized spacial score (nSPS) is 9.58. The average Bonchev–Trinajstić information content (AvgIpc) is 4.03. The number of hydrogen-bond donors (Lipinski definition) is 1. The third kappa shape index (κ3) is 21.2. The number of Topliss-reactive ketones (excluding diaryl/α,β-unsaturated/α-hetero) is 3. The Balaban J connectivity index is 0. The average molecular weight is 1070 g/mol. The summed E-state index contributed by atoms with van der Waals surface area (Å²) in [5, 5.41) is 2.34. The van der Waals surface area contributed by atoms with Crippen molar-refractivity contribution in [3.63, 3.8) is 0 Å². The first-order chi connectivity index (χ1) is 36.3. The minimum Gasteiger partial charge on any atom is -0.354 e. The summed E-state index contributed by atoms with van der Waals surface area (Å²) in [5.41, 5.74) is 13.3. The van der Waals surface area contributed by atoms with E-state index in [9.17, 15) is 28.8 Å². The fourth-order valence-corrected chi connectivity index (χ4v) is 8.22. The summed E-state index contributed by atoms with van der Waals surface area (Å²) in [6.07, 6.45) is 2.12. The second-order valence-corrected chi connectivity index (χ2v) is 18.1. The molecule has 420 valence electrons. The summed E-state index contributed by atoms with van der Waals surface area (Å²) in [6, 6.07) is 31.3. The zero-order valence-corrected chi connectivity index (χ0v) is 51.8. The second kappa shape index (κ2) is 36.9. The summed E-state index contributed by atoms with van der Waals surface area (Å²) >= 11 is 5.16. The molecule has 11 nitrogen and oxygen atoms in total. The lowest BCUT2D eigenvalue weighted by atomic mass is 9.97. The van der Waals surface area contributed by atoms with Crippen LogP contribution in [0.4, 0.5) is 0 Å². The van der Waals surface area contributed by atoms with Crippen LogP contribution in [0.15, 0.2) is 109 Å². The Hall–Kier alpha value is -6.95. The van der Waals surface area contributed by atoms with E-state index < -0.39 is 5.24 Å². The monoisotopic (exact) mass is 1070 g/mol. The molecule has 0 aliphatic carbocycles. The number of ketones is 5. The highest BCUT2D eigenvalue weighted by atomic mass is 35.5. The number of nitrogens with zero attached hydrogens (tertiary/aromatic N) is 4. The van der Waals surface area contributed by atoms with Crippen molar-refractivity contribution in [1.82, 2.24) is 23.6 Å². The zero-order valence-electron chi connectivity index (χ0n) is 51.1. The van der Waals surface area contributed by atoms with Crippen molar-refractivity contribution in [2.45, 2.75) is 125 Å². The van der Waals surface area contributed by atoms with Gasteiger partial charge in [-0.3, -0.25) is 28.8 Å². The van der Waals surface area contributed by atoms with Gasteiger partial charge >= 0.3 is 0 Å². The lowest BCUT2D eigenvalue weighted by Gasteiger charge is -2.07. The molecule has 7 rings (SSSR count). The topological polar surface area (TPSA) is 134 Å². The van der Waals surface area contributed by atoms with Crippen molar-refractivity contribution in [2.24, 2.45) is 34.1 Å². The van der Waals surface area contributed by atoms with Gasteiger partial charge in [0.1, 0.15) is 0 Å². The van der Waals surface area contributed by atoms with Crippen molar-refractivity contribution >= 4 is 45.8 Å². The summed E-state index contributed by atoms with van der Waals surface area (Å²) in [7, 11) is 11.4. The summed E-state index contributed by atoms with van der Waals surface area (Å²) in [5.74, 6) is 0.0533. The van der Waals surface area contributed by atoms with Crippen LogP contribution < -0.4 is 5.32 Å². The zero-order chi connectivity index (χ0) is 60.0. The van der Waals surface area contributed by atoms with Gasteiger partial charge in [-0.1, -0.05) is 146 Å². The van der Waals surface area contributed by atoms with Crippen molar-refractivity contribution in [2.75, 3.05) is 14.1 Å². The van der Waals surface area contributed by atoms with Crippen molar-refractivity contribution in [3.05, 3.63) is 199 Å². The first-order valence-corrected chi connectivity index (χ1v) is 26.8. The Bertz CT molecular complexity index is 2910. The van der Waals surface area contributed by atoms with Crippen LogP contribution >= 0.6 is 11.6 Å². The first-order valence-electron chi connectivity index (χ1n) is 26.4. The quantitative estimate of drug-likeness (QED) is 0.112. The van der Waals surface area contributed by atoms with Crippen LogP contribution in [0.1, 0.15) is 188 Å². The molecule has 4 heterocycles. The van der Waals surface area contributed by atoms with E-state index in [0.29, 0.717) is 39.2 Å². The Morgan fingerprint density at radius 3 is 1.04 bits per heavy atom. The van der Waals surface area contributed by atoms with Crippen LogP contribution in [0.2, 0.25) is 0 Å². The van der Waals surface area contributed by atoms with Gasteiger partial charge in [0.15, 0.2) is 28.9 Å². The lowest BCUT2D eigenvalue weighted by molar-refractivity contribution is 0.0928. The van der Waals surface area contributed by atoms with E-state index in [0.717, 1.165) is 39.5 Å². The van der Waals surface area contributed by atoms with Gasteiger partial charge in [0.25, 0.3) is 5.24 Å². The standard InChI is InChI=1S/C18H21NO2.C16H17NO2.C9H13NO.C7H5ClO.C7H11N.C2H7N.3C2H6/c1-11(2)17(20)16-12(3)15(13(4)19(16)5)18(21)14-9-7-6-8-10-14;1-10-14(11(2)17(4)15(10)12(3)18)16(19)13-8-6-5-7-9-13;1-6-5-7(2)10(4)9(6)8(3)11;8-7(9)6-4-2-1-3-5-6;1-6-4-7(2)8(3)5-6;1-3-2;3*1-2/h6-11H,1-5H3;5-9H,1-4H3;5H,1-4H3;1-5H;4-5H,1-3H3;3H,1-2H3;3*1-2H3. The number of halogens is 1. The fourth-order valence-electron chi connectivity index (χ4n) is 8.09. The highest BCUT2D eigenvalue weighted by Crippen LogP contribution is 2.27. The van der Waals surface area contributed by atoms with E-state index in [4.69, 9.17) is 11.6 Å². The molecule has 0 fully saturated rings. The van der Waals surface area contributed by atoms with Gasteiger partial charge in [0.2, 0.25) is 0 Å². The van der Waals surface area contributed by atoms with E-state index in [2.05, 4.69) is 43.0 Å². The number of carbonyl (C=O) groups is 6. The lowest BCUT2D eigenvalue weighted by Crippen LogP contribution is -2.13. The molecule has 1 N–H and O–H groups in total. The summed E-state index contributed by atoms with van der Waals surface area (Å²) in [6.45, 7) is 34.5. The van der Waals surface area contributed by atoms with Gasteiger partial charge in [-0.05, 0) is 115 Å². The minimum atomic E-state index is -0.407. The molecular formula is C65H92ClN5O6. The van der Waals surface area contributed by atoms with Gasteiger partial charge in [0, 0.05) is 105 Å². The predicted molar refractivity (Wildman–Crippen MR) is 324 cm³/mol. The number of aromatic nitrogens is 4. The minimum absolute atomic E-state index is 0.0183. The number of carbonyl (C=O) groups excluding carboxylic acids is 6. The van der Waals surface area contributed by atoms with Crippen molar-refractivity contribution in [1.29, 1.82) is 0 Å². The van der Waals surface area contributed by atoms with Gasteiger partial charge < -0.3 is 23.6 Å². The van der Waals surface area contributed by atoms with Crippen LogP contribution in [0, 0.1) is 61.3 Å². The largest absolute Gasteiger partial charge is 0.354 e. The van der Waals surface area contributed by atoms with Crippen LogP contribution in [0.25, 0.3) is 0 Å². The number of rotatable bonds is 9. The molecule has 77 heavy (non-hydrogen) atoms. The first kappa shape index (κ1) is 72.1. The molecule has 0 radical (unpaired) electrons. The molecule has 0 saturated carbocycles. The molecule has 12 heteroatoms. The Morgan fingerprint density at radius 2 is 0.818 bits per heavy atom. The number of nitrogens with one attached hydrogen (secondary N) is 1. The SMILES string of the molecule is CC.CC.CC.CC(=O)c1c(C)c(C(=O)c2ccccc2)c(C)n1C.CC(=O)c1c(C)cc(C)n1C.CNC.Cc1c(C(=O)c2ccccc2)c(C)n(C)c1C(=O)C(C)C.Cc1cc(C)n(C)c1.O=C(Cl)c1ccccc1. The van der Waals surface area contributed by atoms with Crippen LogP contribution in [0.5, 0.6) is 0 Å². The molecule has 7 aromatic rings. The van der Waals surface area contributed by atoms with E-state index in [1.54, 1.807) is 60.0 Å². The Labute approximate surface area is 468 Å². The third-order valence-corrected chi connectivity index (χ3v) is 12.1. The highest BCUT2D eigenvalue weighted by Gasteiger charge is 2.27. The second-order valence-electron chi connectivity index (χ2n) is 17.8. The van der Waals surface area contributed by atoms with Crippen LogP contribution in [0.3, 0.4) is 0 Å². The van der Waals surface area contributed by atoms with E-state index in [1.807, 2.05) is 190 Å². The van der Waals surface area contributed by atoms with Gasteiger partial charge in [-0.25, -0.2) is 0 Å². The molecule has 4 aromatic heterocycles. The predicted octanol–water partition coefficient (Wildman–Crippen LogP) is 15.3. The molecule has 3 aromatic carbocycles. The van der Waals surface area contributed by atoms with Crippen molar-refractivity contribution in [3.8, 4) is 0 Å². The van der Waals surface area contributed by atoms with Crippen LogP contribution in [-0.4, -0.2) is 66.5 Å². The molecule has 0 spiro atoms. The molecule has 0 aliphatic rings. The molecular weight excluding hydrogens is 982 g/mol. The van der Waals surface area contributed by atoms with Crippen molar-refractivity contribution < 1.29 is 28.8 Å². The van der Waals surface area contributed by atoms with Gasteiger partial charge in [-0.2, -0.15) is 0 Å². The number of hydrogen-bond acceptors (Lipinski definition) is 7. The molecule has 0 amide bonds. The highest BCUT2D eigenvalue weighted by molar-refractivity contribution is 6.67. The maximum Gasteiger partial charge on any atom is 0.252 e.